The number of anilines is 1. The predicted octanol–water partition coefficient (Wildman–Crippen LogP) is 5.55. The Balaban J connectivity index is 1.90. The van der Waals surface area contributed by atoms with Crippen molar-refractivity contribution in [3.63, 3.8) is 0 Å². The number of nitrogens with zero attached hydrogens (tertiary/aromatic N) is 2. The summed E-state index contributed by atoms with van der Waals surface area (Å²) in [7, 11) is 0. The van der Waals surface area contributed by atoms with Gasteiger partial charge in [0, 0.05) is 14.9 Å². The first-order valence-corrected chi connectivity index (χ1v) is 11.7. The van der Waals surface area contributed by atoms with Gasteiger partial charge in [-0.1, -0.05) is 28.1 Å². The minimum absolute atomic E-state index is 0.0303. The Morgan fingerprint density at radius 3 is 2.50 bits per heavy atom. The van der Waals surface area contributed by atoms with Crippen LogP contribution in [0.2, 0.25) is 0 Å². The van der Waals surface area contributed by atoms with Gasteiger partial charge in [0.05, 0.1) is 23.9 Å². The van der Waals surface area contributed by atoms with Crippen molar-refractivity contribution in [3.05, 3.63) is 80.3 Å². The lowest BCUT2D eigenvalue weighted by Crippen LogP contribution is -2.29. The van der Waals surface area contributed by atoms with Crippen LogP contribution < -0.4 is 9.64 Å². The molecule has 32 heavy (non-hydrogen) atoms. The minimum Gasteiger partial charge on any atom is -0.507 e. The highest BCUT2D eigenvalue weighted by Crippen LogP contribution is 2.44. The number of hydrogen-bond donors (Lipinski definition) is 1. The predicted molar refractivity (Wildman–Crippen MR) is 128 cm³/mol. The Hall–Kier alpha value is -2.97. The molecule has 1 amide bonds. The average molecular weight is 513 g/mol. The van der Waals surface area contributed by atoms with Gasteiger partial charge in [0.25, 0.3) is 5.78 Å². The second kappa shape index (κ2) is 8.88. The van der Waals surface area contributed by atoms with Crippen molar-refractivity contribution >= 4 is 49.8 Å². The monoisotopic (exact) mass is 512 g/mol. The third-order valence-electron chi connectivity index (χ3n) is 5.27. The van der Waals surface area contributed by atoms with Crippen LogP contribution in [0.1, 0.15) is 34.7 Å². The van der Waals surface area contributed by atoms with Gasteiger partial charge in [-0.25, -0.2) is 4.98 Å². The first-order valence-electron chi connectivity index (χ1n) is 10.1. The summed E-state index contributed by atoms with van der Waals surface area (Å²) in [6.45, 7) is 6.18. The zero-order chi connectivity index (χ0) is 23.0. The molecule has 4 rings (SSSR count). The summed E-state index contributed by atoms with van der Waals surface area (Å²) in [5.41, 5.74) is 1.95. The van der Waals surface area contributed by atoms with Crippen molar-refractivity contribution in [1.82, 2.24) is 4.98 Å². The topological polar surface area (TPSA) is 79.7 Å². The van der Waals surface area contributed by atoms with Crippen molar-refractivity contribution in [2.24, 2.45) is 0 Å². The fourth-order valence-corrected chi connectivity index (χ4v) is 4.97. The number of aliphatic hydroxyl groups is 1. The van der Waals surface area contributed by atoms with Crippen LogP contribution >= 0.6 is 27.3 Å². The molecule has 2 aromatic carbocycles. The second-order valence-electron chi connectivity index (χ2n) is 7.32. The molecule has 8 heteroatoms. The van der Waals surface area contributed by atoms with Gasteiger partial charge < -0.3 is 9.84 Å². The minimum atomic E-state index is -0.802. The first-order chi connectivity index (χ1) is 15.3. The summed E-state index contributed by atoms with van der Waals surface area (Å²) >= 11 is 4.81. The van der Waals surface area contributed by atoms with Gasteiger partial charge in [0.15, 0.2) is 5.13 Å². The highest BCUT2D eigenvalue weighted by Gasteiger charge is 2.48. The van der Waals surface area contributed by atoms with Gasteiger partial charge in [0.2, 0.25) is 0 Å². The van der Waals surface area contributed by atoms with E-state index in [2.05, 4.69) is 20.9 Å². The number of aromatic nitrogens is 1. The third-order valence-corrected chi connectivity index (χ3v) is 6.84. The number of hydrogen-bond acceptors (Lipinski definition) is 6. The largest absolute Gasteiger partial charge is 0.507 e. The molecule has 1 aliphatic rings. The van der Waals surface area contributed by atoms with Crippen LogP contribution in [0.5, 0.6) is 5.75 Å². The normalized spacial score (nSPS) is 17.8. The summed E-state index contributed by atoms with van der Waals surface area (Å²) < 4.78 is 6.26. The molecular formula is C24H21BrN2O4S. The summed E-state index contributed by atoms with van der Waals surface area (Å²) in [4.78, 5) is 33.2. The number of Topliss-reactive ketones (excluding diaryl/α,β-unsaturated/α-hetero) is 1. The molecule has 0 aliphatic carbocycles. The molecule has 0 unspecified atom stereocenters. The lowest BCUT2D eigenvalue weighted by atomic mass is 9.95. The SMILES string of the molecule is CCOc1ccc(/C(O)=C2\C(=O)C(=O)N(c3nc(C)c(C)s3)[C@H]2c2cccc(Br)c2)cc1. The molecule has 164 valence electrons. The smallest absolute Gasteiger partial charge is 0.301 e. The summed E-state index contributed by atoms with van der Waals surface area (Å²) in [5, 5.41) is 11.6. The number of aryl methyl sites for hydroxylation is 2. The Morgan fingerprint density at radius 1 is 1.19 bits per heavy atom. The molecule has 0 radical (unpaired) electrons. The van der Waals surface area contributed by atoms with E-state index in [-0.39, 0.29) is 11.3 Å². The van der Waals surface area contributed by atoms with Gasteiger partial charge in [-0.2, -0.15) is 0 Å². The van der Waals surface area contributed by atoms with Crippen LogP contribution in [0, 0.1) is 13.8 Å². The van der Waals surface area contributed by atoms with Crippen LogP contribution in [0.4, 0.5) is 5.13 Å². The summed E-state index contributed by atoms with van der Waals surface area (Å²) in [6, 6.07) is 13.3. The van der Waals surface area contributed by atoms with Gasteiger partial charge in [-0.05, 0) is 62.7 Å². The standard InChI is InChI=1S/C24H21BrN2O4S/c1-4-31-18-10-8-15(9-11-18)21(28)19-20(16-6-5-7-17(25)12-16)27(23(30)22(19)29)24-26-13(2)14(3)32-24/h5-12,20,28H,4H2,1-3H3/b21-19+/t20-/m0/s1. The van der Waals surface area contributed by atoms with E-state index in [0.29, 0.717) is 28.6 Å². The Bertz CT molecular complexity index is 1210. The van der Waals surface area contributed by atoms with Gasteiger partial charge in [-0.3, -0.25) is 14.5 Å². The van der Waals surface area contributed by atoms with Crippen LogP contribution in [0.25, 0.3) is 5.76 Å². The Labute approximate surface area is 198 Å². The van der Waals surface area contributed by atoms with Crippen LogP contribution in [0.15, 0.2) is 58.6 Å². The van der Waals surface area contributed by atoms with E-state index < -0.39 is 17.7 Å². The zero-order valence-corrected chi connectivity index (χ0v) is 20.2. The Kier molecular flexibility index (Phi) is 6.17. The number of aliphatic hydroxyl groups excluding tert-OH is 1. The van der Waals surface area contributed by atoms with Crippen LogP contribution in [0.3, 0.4) is 0 Å². The van der Waals surface area contributed by atoms with Crippen molar-refractivity contribution in [2.45, 2.75) is 26.8 Å². The van der Waals surface area contributed by atoms with Crippen molar-refractivity contribution < 1.29 is 19.4 Å². The highest BCUT2D eigenvalue weighted by molar-refractivity contribution is 9.10. The molecule has 1 N–H and O–H groups in total. The number of ketones is 1. The maximum atomic E-state index is 13.2. The molecule has 6 nitrogen and oxygen atoms in total. The number of benzene rings is 2. The van der Waals surface area contributed by atoms with Crippen molar-refractivity contribution in [3.8, 4) is 5.75 Å². The van der Waals surface area contributed by atoms with E-state index in [4.69, 9.17) is 4.74 Å². The molecule has 0 bridgehead atoms. The molecular weight excluding hydrogens is 492 g/mol. The summed E-state index contributed by atoms with van der Waals surface area (Å²) in [5.74, 6) is -1.03. The molecule has 1 aromatic heterocycles. The molecule has 1 fully saturated rings. The van der Waals surface area contributed by atoms with Gasteiger partial charge in [0.1, 0.15) is 11.5 Å². The number of amides is 1. The molecule has 0 saturated carbocycles. The maximum absolute atomic E-state index is 13.2. The number of carbonyl (C=O) groups excluding carboxylic acids is 2. The molecule has 0 spiro atoms. The molecule has 1 atom stereocenters. The number of rotatable bonds is 5. The second-order valence-corrected chi connectivity index (χ2v) is 9.42. The van der Waals surface area contributed by atoms with E-state index >= 15 is 0 Å². The number of thiazole rings is 1. The third kappa shape index (κ3) is 3.96. The highest BCUT2D eigenvalue weighted by atomic mass is 79.9. The Morgan fingerprint density at radius 2 is 1.91 bits per heavy atom. The number of carbonyl (C=O) groups is 2. The number of halogens is 1. The van der Waals surface area contributed by atoms with E-state index in [0.717, 1.165) is 15.0 Å². The van der Waals surface area contributed by atoms with Crippen molar-refractivity contribution in [2.75, 3.05) is 11.5 Å². The maximum Gasteiger partial charge on any atom is 0.301 e. The number of ether oxygens (including phenoxy) is 1. The van der Waals surface area contributed by atoms with Gasteiger partial charge in [-0.15, -0.1) is 11.3 Å². The quantitative estimate of drug-likeness (QED) is 0.275. The van der Waals surface area contributed by atoms with E-state index in [9.17, 15) is 14.7 Å². The van der Waals surface area contributed by atoms with E-state index in [1.165, 1.54) is 16.2 Å². The molecule has 1 saturated heterocycles. The molecule has 1 aliphatic heterocycles. The first kappa shape index (κ1) is 22.2. The fourth-order valence-electron chi connectivity index (χ4n) is 3.61. The summed E-state index contributed by atoms with van der Waals surface area (Å²) in [6.07, 6.45) is 0. The lowest BCUT2D eigenvalue weighted by Gasteiger charge is -2.23. The fraction of sp³-hybridized carbons (Fsp3) is 0.208. The van der Waals surface area contributed by atoms with Crippen LogP contribution in [-0.4, -0.2) is 28.4 Å². The molecule has 2 heterocycles. The van der Waals surface area contributed by atoms with Gasteiger partial charge >= 0.3 is 5.91 Å². The van der Waals surface area contributed by atoms with E-state index in [1.807, 2.05) is 45.0 Å². The molecule has 3 aromatic rings. The lowest BCUT2D eigenvalue weighted by molar-refractivity contribution is -0.132. The average Bonchev–Trinajstić information content (AvgIpc) is 3.24. The zero-order valence-electron chi connectivity index (χ0n) is 17.8. The van der Waals surface area contributed by atoms with E-state index in [1.54, 1.807) is 24.3 Å². The van der Waals surface area contributed by atoms with Crippen LogP contribution in [-0.2, 0) is 9.59 Å². The van der Waals surface area contributed by atoms with Crippen molar-refractivity contribution in [1.29, 1.82) is 0 Å².